The molecule has 1 N–H and O–H groups in total. The van der Waals surface area contributed by atoms with Crippen molar-refractivity contribution in [2.24, 2.45) is 0 Å². The lowest BCUT2D eigenvalue weighted by molar-refractivity contribution is 0.397. The Hall–Kier alpha value is -0.710. The van der Waals surface area contributed by atoms with Crippen LogP contribution in [0.3, 0.4) is 0 Å². The van der Waals surface area contributed by atoms with Gasteiger partial charge >= 0.3 is 0 Å². The lowest BCUT2D eigenvalue weighted by atomic mass is 10.0. The van der Waals surface area contributed by atoms with Gasteiger partial charge in [-0.05, 0) is 31.5 Å². The molecule has 1 aromatic heterocycles. The number of hydrogen-bond donors (Lipinski definition) is 1. The maximum atomic E-state index is 4.77. The van der Waals surface area contributed by atoms with E-state index >= 15 is 0 Å². The van der Waals surface area contributed by atoms with Gasteiger partial charge in [0.2, 0.25) is 0 Å². The predicted molar refractivity (Wildman–Crippen MR) is 84.6 cm³/mol. The molecule has 1 aliphatic rings. The molecule has 1 unspecified atom stereocenters. The number of halogens is 1. The van der Waals surface area contributed by atoms with Crippen LogP contribution in [-0.2, 0) is 6.42 Å². The van der Waals surface area contributed by atoms with Crippen LogP contribution >= 0.6 is 27.3 Å². The van der Waals surface area contributed by atoms with Crippen LogP contribution in [0.5, 0.6) is 0 Å². The van der Waals surface area contributed by atoms with E-state index < -0.39 is 0 Å². The molecule has 1 aromatic carbocycles. The summed E-state index contributed by atoms with van der Waals surface area (Å²) in [5, 5.41) is 6.90. The Balaban J connectivity index is 1.72. The molecule has 1 atom stereocenters. The summed E-state index contributed by atoms with van der Waals surface area (Å²) in [6, 6.07) is 8.96. The van der Waals surface area contributed by atoms with Gasteiger partial charge in [0.25, 0.3) is 0 Å². The number of piperidine rings is 1. The highest BCUT2D eigenvalue weighted by atomic mass is 79.9. The van der Waals surface area contributed by atoms with Gasteiger partial charge in [-0.1, -0.05) is 34.5 Å². The summed E-state index contributed by atoms with van der Waals surface area (Å²) in [4.78, 5) is 4.77. The van der Waals surface area contributed by atoms with Crippen molar-refractivity contribution in [3.8, 4) is 10.6 Å². The van der Waals surface area contributed by atoms with Crippen molar-refractivity contribution in [1.29, 1.82) is 0 Å². The fourth-order valence-corrected chi connectivity index (χ4v) is 3.73. The zero-order valence-electron chi connectivity index (χ0n) is 10.7. The molecule has 0 radical (unpaired) electrons. The van der Waals surface area contributed by atoms with E-state index in [1.54, 1.807) is 11.3 Å². The number of nitrogens with one attached hydrogen (secondary N) is 1. The Morgan fingerprint density at radius 2 is 2.32 bits per heavy atom. The molecule has 2 nitrogen and oxygen atoms in total. The number of benzene rings is 1. The first-order chi connectivity index (χ1) is 9.31. The topological polar surface area (TPSA) is 24.9 Å². The molecule has 19 heavy (non-hydrogen) atoms. The first-order valence-corrected chi connectivity index (χ1v) is 8.42. The second-order valence-electron chi connectivity index (χ2n) is 5.01. The quantitative estimate of drug-likeness (QED) is 0.905. The molecule has 100 valence electrons. The van der Waals surface area contributed by atoms with E-state index in [4.69, 9.17) is 4.98 Å². The van der Waals surface area contributed by atoms with Gasteiger partial charge in [0.1, 0.15) is 5.01 Å². The molecule has 1 aliphatic heterocycles. The Morgan fingerprint density at radius 3 is 3.11 bits per heavy atom. The van der Waals surface area contributed by atoms with E-state index in [2.05, 4.69) is 44.8 Å². The number of thiazole rings is 1. The van der Waals surface area contributed by atoms with Crippen LogP contribution in [0.2, 0.25) is 0 Å². The van der Waals surface area contributed by atoms with Crippen molar-refractivity contribution in [2.75, 3.05) is 6.54 Å². The number of rotatable bonds is 3. The van der Waals surface area contributed by atoms with Crippen LogP contribution in [-0.4, -0.2) is 17.6 Å². The highest BCUT2D eigenvalue weighted by Crippen LogP contribution is 2.27. The molecule has 0 saturated carbocycles. The van der Waals surface area contributed by atoms with E-state index in [9.17, 15) is 0 Å². The molecule has 0 bridgehead atoms. The SMILES string of the molecule is Brc1cccc(-c2nc(CC3CCCCN3)cs2)c1. The van der Waals surface area contributed by atoms with E-state index in [0.717, 1.165) is 22.4 Å². The third-order valence-corrected chi connectivity index (χ3v) is 4.92. The van der Waals surface area contributed by atoms with Crippen molar-refractivity contribution < 1.29 is 0 Å². The van der Waals surface area contributed by atoms with Crippen LogP contribution in [0, 0.1) is 0 Å². The van der Waals surface area contributed by atoms with Gasteiger partial charge in [-0.15, -0.1) is 11.3 Å². The molecule has 0 aliphatic carbocycles. The summed E-state index contributed by atoms with van der Waals surface area (Å²) in [5.41, 5.74) is 2.42. The van der Waals surface area contributed by atoms with Gasteiger partial charge in [-0.2, -0.15) is 0 Å². The normalized spacial score (nSPS) is 19.5. The van der Waals surface area contributed by atoms with E-state index in [1.165, 1.54) is 30.5 Å². The van der Waals surface area contributed by atoms with Crippen molar-refractivity contribution in [3.63, 3.8) is 0 Å². The van der Waals surface area contributed by atoms with Crippen LogP contribution in [0.1, 0.15) is 25.0 Å². The van der Waals surface area contributed by atoms with E-state index in [-0.39, 0.29) is 0 Å². The van der Waals surface area contributed by atoms with Gasteiger partial charge in [-0.25, -0.2) is 4.98 Å². The van der Waals surface area contributed by atoms with Gasteiger partial charge in [0.15, 0.2) is 0 Å². The Kier molecular flexibility index (Phi) is 4.31. The van der Waals surface area contributed by atoms with Crippen molar-refractivity contribution >= 4 is 27.3 Å². The van der Waals surface area contributed by atoms with Crippen LogP contribution in [0.4, 0.5) is 0 Å². The molecule has 0 amide bonds. The monoisotopic (exact) mass is 336 g/mol. The second kappa shape index (κ2) is 6.16. The zero-order chi connectivity index (χ0) is 13.1. The first-order valence-electron chi connectivity index (χ1n) is 6.75. The van der Waals surface area contributed by atoms with Crippen LogP contribution < -0.4 is 5.32 Å². The number of hydrogen-bond acceptors (Lipinski definition) is 3. The molecule has 3 rings (SSSR count). The van der Waals surface area contributed by atoms with Crippen LogP contribution in [0.15, 0.2) is 34.1 Å². The van der Waals surface area contributed by atoms with Gasteiger partial charge in [0, 0.05) is 27.9 Å². The Labute approximate surface area is 126 Å². The minimum Gasteiger partial charge on any atom is -0.314 e. The molecular weight excluding hydrogens is 320 g/mol. The highest BCUT2D eigenvalue weighted by Gasteiger charge is 2.15. The van der Waals surface area contributed by atoms with E-state index in [0.29, 0.717) is 6.04 Å². The molecule has 0 spiro atoms. The number of aromatic nitrogens is 1. The van der Waals surface area contributed by atoms with Gasteiger partial charge in [0.05, 0.1) is 5.69 Å². The molecule has 1 fully saturated rings. The fourth-order valence-electron chi connectivity index (χ4n) is 2.51. The zero-order valence-corrected chi connectivity index (χ0v) is 13.1. The maximum absolute atomic E-state index is 4.77. The molecule has 2 aromatic rings. The highest BCUT2D eigenvalue weighted by molar-refractivity contribution is 9.10. The lowest BCUT2D eigenvalue weighted by Crippen LogP contribution is -2.35. The van der Waals surface area contributed by atoms with Gasteiger partial charge < -0.3 is 5.32 Å². The Bertz CT molecular complexity index is 547. The average Bonchev–Trinajstić information content (AvgIpc) is 2.88. The summed E-state index contributed by atoms with van der Waals surface area (Å²) < 4.78 is 1.11. The molecular formula is C15H17BrN2S. The first kappa shape index (κ1) is 13.3. The summed E-state index contributed by atoms with van der Waals surface area (Å²) in [5.74, 6) is 0. The number of nitrogens with zero attached hydrogens (tertiary/aromatic N) is 1. The van der Waals surface area contributed by atoms with Crippen molar-refractivity contribution in [3.05, 3.63) is 39.8 Å². The third-order valence-electron chi connectivity index (χ3n) is 3.49. The fraction of sp³-hybridized carbons (Fsp3) is 0.400. The second-order valence-corrected chi connectivity index (χ2v) is 6.78. The molecule has 4 heteroatoms. The third kappa shape index (κ3) is 3.44. The molecule has 1 saturated heterocycles. The summed E-state index contributed by atoms with van der Waals surface area (Å²) in [6.45, 7) is 1.16. The van der Waals surface area contributed by atoms with Crippen molar-refractivity contribution in [1.82, 2.24) is 10.3 Å². The summed E-state index contributed by atoms with van der Waals surface area (Å²) in [6.07, 6.45) is 5.01. The smallest absolute Gasteiger partial charge is 0.123 e. The predicted octanol–water partition coefficient (Wildman–Crippen LogP) is 4.26. The van der Waals surface area contributed by atoms with Crippen LogP contribution in [0.25, 0.3) is 10.6 Å². The summed E-state index contributed by atoms with van der Waals surface area (Å²) >= 11 is 5.25. The van der Waals surface area contributed by atoms with E-state index in [1.807, 2.05) is 6.07 Å². The Morgan fingerprint density at radius 1 is 1.37 bits per heavy atom. The van der Waals surface area contributed by atoms with Gasteiger partial charge in [-0.3, -0.25) is 0 Å². The minimum absolute atomic E-state index is 0.617. The standard InChI is InChI=1S/C15H17BrN2S/c16-12-5-3-4-11(8-12)15-18-14(10-19-15)9-13-6-1-2-7-17-13/h3-5,8,10,13,17H,1-2,6-7,9H2. The molecule has 2 heterocycles. The average molecular weight is 337 g/mol. The lowest BCUT2D eigenvalue weighted by Gasteiger charge is -2.22. The minimum atomic E-state index is 0.617. The maximum Gasteiger partial charge on any atom is 0.123 e. The largest absolute Gasteiger partial charge is 0.314 e. The summed E-state index contributed by atoms with van der Waals surface area (Å²) in [7, 11) is 0. The van der Waals surface area contributed by atoms with Crippen molar-refractivity contribution in [2.45, 2.75) is 31.7 Å².